The van der Waals surface area contributed by atoms with Crippen LogP contribution in [0.2, 0.25) is 0 Å². The van der Waals surface area contributed by atoms with E-state index in [0.717, 1.165) is 16.7 Å². The maximum Gasteiger partial charge on any atom is 0.145 e. The van der Waals surface area contributed by atoms with E-state index in [1.807, 2.05) is 32.0 Å². The van der Waals surface area contributed by atoms with E-state index in [9.17, 15) is 8.78 Å². The Bertz CT molecular complexity index is 641. The molecule has 106 valence electrons. The van der Waals surface area contributed by atoms with Crippen molar-refractivity contribution in [1.29, 1.82) is 0 Å². The molecule has 4 heteroatoms. The summed E-state index contributed by atoms with van der Waals surface area (Å²) in [4.78, 5) is 0. The molecule has 0 radical (unpaired) electrons. The Kier molecular flexibility index (Phi) is 4.55. The molecule has 1 unspecified atom stereocenters. The SMILES string of the molecule is Cc1ccc(C)c(CC(N)c2c(F)ccc(Br)c2F)c1. The van der Waals surface area contributed by atoms with Crippen LogP contribution < -0.4 is 5.73 Å². The largest absolute Gasteiger partial charge is 0.323 e. The number of hydrogen-bond acceptors (Lipinski definition) is 1. The summed E-state index contributed by atoms with van der Waals surface area (Å²) in [6, 6.07) is 7.86. The summed E-state index contributed by atoms with van der Waals surface area (Å²) >= 11 is 3.06. The fourth-order valence-electron chi connectivity index (χ4n) is 2.24. The van der Waals surface area contributed by atoms with Gasteiger partial charge in [-0.05, 0) is 59.5 Å². The molecule has 2 aromatic carbocycles. The van der Waals surface area contributed by atoms with Gasteiger partial charge in [-0.1, -0.05) is 23.8 Å². The molecule has 0 bridgehead atoms. The Morgan fingerprint density at radius 2 is 1.85 bits per heavy atom. The van der Waals surface area contributed by atoms with Gasteiger partial charge >= 0.3 is 0 Å². The zero-order valence-corrected chi connectivity index (χ0v) is 13.0. The first-order valence-corrected chi connectivity index (χ1v) is 7.14. The normalized spacial score (nSPS) is 12.5. The van der Waals surface area contributed by atoms with E-state index in [1.54, 1.807) is 0 Å². The maximum atomic E-state index is 14.0. The molecule has 0 aliphatic rings. The van der Waals surface area contributed by atoms with E-state index >= 15 is 0 Å². The van der Waals surface area contributed by atoms with Crippen molar-refractivity contribution in [1.82, 2.24) is 0 Å². The first-order valence-electron chi connectivity index (χ1n) is 6.35. The van der Waals surface area contributed by atoms with Crippen molar-refractivity contribution < 1.29 is 8.78 Å². The lowest BCUT2D eigenvalue weighted by Gasteiger charge is -2.16. The fourth-order valence-corrected chi connectivity index (χ4v) is 2.59. The highest BCUT2D eigenvalue weighted by molar-refractivity contribution is 9.10. The third kappa shape index (κ3) is 3.07. The highest BCUT2D eigenvalue weighted by Gasteiger charge is 2.19. The van der Waals surface area contributed by atoms with Crippen LogP contribution in [0.5, 0.6) is 0 Å². The van der Waals surface area contributed by atoms with E-state index in [-0.39, 0.29) is 10.0 Å². The van der Waals surface area contributed by atoms with Gasteiger partial charge in [0.2, 0.25) is 0 Å². The Morgan fingerprint density at radius 3 is 2.55 bits per heavy atom. The van der Waals surface area contributed by atoms with Gasteiger partial charge in [0, 0.05) is 11.6 Å². The quantitative estimate of drug-likeness (QED) is 0.813. The Balaban J connectivity index is 2.35. The van der Waals surface area contributed by atoms with E-state index in [1.165, 1.54) is 12.1 Å². The minimum atomic E-state index is -0.715. The van der Waals surface area contributed by atoms with Crippen molar-refractivity contribution >= 4 is 15.9 Å². The van der Waals surface area contributed by atoms with Crippen molar-refractivity contribution in [3.8, 4) is 0 Å². The summed E-state index contributed by atoms with van der Waals surface area (Å²) in [5.41, 5.74) is 9.13. The van der Waals surface area contributed by atoms with E-state index in [0.29, 0.717) is 6.42 Å². The summed E-state index contributed by atoms with van der Waals surface area (Å²) in [5, 5.41) is 0. The smallest absolute Gasteiger partial charge is 0.145 e. The van der Waals surface area contributed by atoms with Gasteiger partial charge in [-0.25, -0.2) is 8.78 Å². The topological polar surface area (TPSA) is 26.0 Å². The van der Waals surface area contributed by atoms with Gasteiger partial charge in [-0.15, -0.1) is 0 Å². The summed E-state index contributed by atoms with van der Waals surface area (Å²) in [6.07, 6.45) is 0.401. The molecule has 0 fully saturated rings. The third-order valence-electron chi connectivity index (χ3n) is 3.39. The van der Waals surface area contributed by atoms with Gasteiger partial charge in [0.05, 0.1) is 4.47 Å². The second-order valence-corrected chi connectivity index (χ2v) is 5.85. The number of nitrogens with two attached hydrogens (primary N) is 1. The van der Waals surface area contributed by atoms with E-state index in [4.69, 9.17) is 5.73 Å². The number of halogens is 3. The zero-order valence-electron chi connectivity index (χ0n) is 11.4. The maximum absolute atomic E-state index is 14.0. The van der Waals surface area contributed by atoms with Gasteiger partial charge in [0.15, 0.2) is 0 Å². The van der Waals surface area contributed by atoms with E-state index in [2.05, 4.69) is 15.9 Å². The van der Waals surface area contributed by atoms with Crippen LogP contribution in [0.15, 0.2) is 34.8 Å². The fraction of sp³-hybridized carbons (Fsp3) is 0.250. The van der Waals surface area contributed by atoms with Crippen LogP contribution in [0, 0.1) is 25.5 Å². The molecular weight excluding hydrogens is 324 g/mol. The molecular formula is C16H16BrF2N. The Hall–Kier alpha value is -1.26. The molecule has 0 amide bonds. The predicted molar refractivity (Wildman–Crippen MR) is 80.6 cm³/mol. The lowest BCUT2D eigenvalue weighted by Crippen LogP contribution is -2.17. The van der Waals surface area contributed by atoms with E-state index < -0.39 is 17.7 Å². The molecule has 0 aromatic heterocycles. The van der Waals surface area contributed by atoms with Crippen LogP contribution in [0.4, 0.5) is 8.78 Å². The van der Waals surface area contributed by atoms with Gasteiger partial charge in [0.1, 0.15) is 11.6 Å². The Morgan fingerprint density at radius 1 is 1.15 bits per heavy atom. The predicted octanol–water partition coefficient (Wildman–Crippen LogP) is 4.59. The number of aryl methyl sites for hydroxylation is 2. The van der Waals surface area contributed by atoms with Crippen LogP contribution in [-0.4, -0.2) is 0 Å². The van der Waals surface area contributed by atoms with Crippen molar-refractivity contribution in [2.75, 3.05) is 0 Å². The second kappa shape index (κ2) is 6.02. The van der Waals surface area contributed by atoms with Crippen LogP contribution >= 0.6 is 15.9 Å². The number of benzene rings is 2. The standard InChI is InChI=1S/C16H16BrF2N/c1-9-3-4-10(2)11(7-9)8-14(20)15-13(18)6-5-12(17)16(15)19/h3-7,14H,8,20H2,1-2H3. The summed E-state index contributed by atoms with van der Waals surface area (Å²) in [6.45, 7) is 3.95. The highest BCUT2D eigenvalue weighted by Crippen LogP contribution is 2.28. The summed E-state index contributed by atoms with van der Waals surface area (Å²) < 4.78 is 28.1. The molecule has 1 atom stereocenters. The van der Waals surface area contributed by atoms with Crippen molar-refractivity contribution in [2.24, 2.45) is 5.73 Å². The molecule has 2 rings (SSSR count). The molecule has 0 aliphatic heterocycles. The average molecular weight is 340 g/mol. The van der Waals surface area contributed by atoms with Gasteiger partial charge in [-0.3, -0.25) is 0 Å². The van der Waals surface area contributed by atoms with Crippen molar-refractivity contribution in [3.05, 3.63) is 68.7 Å². The first kappa shape index (κ1) is 15.1. The number of rotatable bonds is 3. The minimum absolute atomic E-state index is 0.0692. The Labute approximate surface area is 125 Å². The lowest BCUT2D eigenvalue weighted by atomic mass is 9.95. The van der Waals surface area contributed by atoms with Crippen LogP contribution in [0.3, 0.4) is 0 Å². The van der Waals surface area contributed by atoms with Crippen LogP contribution in [0.25, 0.3) is 0 Å². The second-order valence-electron chi connectivity index (χ2n) is 5.00. The van der Waals surface area contributed by atoms with Gasteiger partial charge in [0.25, 0.3) is 0 Å². The molecule has 20 heavy (non-hydrogen) atoms. The van der Waals surface area contributed by atoms with Crippen LogP contribution in [-0.2, 0) is 6.42 Å². The summed E-state index contributed by atoms with van der Waals surface area (Å²) in [5.74, 6) is -1.23. The molecule has 1 nitrogen and oxygen atoms in total. The molecule has 0 saturated carbocycles. The molecule has 2 aromatic rings. The molecule has 2 N–H and O–H groups in total. The minimum Gasteiger partial charge on any atom is -0.323 e. The van der Waals surface area contributed by atoms with Crippen LogP contribution in [0.1, 0.15) is 28.3 Å². The monoisotopic (exact) mass is 339 g/mol. The average Bonchev–Trinajstić information content (AvgIpc) is 2.39. The summed E-state index contributed by atoms with van der Waals surface area (Å²) in [7, 11) is 0. The molecule has 0 saturated heterocycles. The molecule has 0 heterocycles. The molecule has 0 spiro atoms. The third-order valence-corrected chi connectivity index (χ3v) is 4.01. The number of hydrogen-bond donors (Lipinski definition) is 1. The highest BCUT2D eigenvalue weighted by atomic mass is 79.9. The zero-order chi connectivity index (χ0) is 14.9. The van der Waals surface area contributed by atoms with Crippen molar-refractivity contribution in [3.63, 3.8) is 0 Å². The van der Waals surface area contributed by atoms with Crippen molar-refractivity contribution in [2.45, 2.75) is 26.3 Å². The van der Waals surface area contributed by atoms with Gasteiger partial charge in [-0.2, -0.15) is 0 Å². The molecule has 0 aliphatic carbocycles. The van der Waals surface area contributed by atoms with Gasteiger partial charge < -0.3 is 5.73 Å². The lowest BCUT2D eigenvalue weighted by molar-refractivity contribution is 0.520. The first-order chi connectivity index (χ1) is 9.40.